The summed E-state index contributed by atoms with van der Waals surface area (Å²) in [5.74, 6) is -0.665. The molecule has 2 amide bonds. The molecule has 1 aliphatic heterocycles. The lowest BCUT2D eigenvalue weighted by Crippen LogP contribution is -2.50. The van der Waals surface area contributed by atoms with Crippen molar-refractivity contribution >= 4 is 12.0 Å². The molecule has 2 N–H and O–H groups in total. The smallest absolute Gasteiger partial charge is 0.317 e. The number of hydrogen-bond donors (Lipinski definition) is 2. The Hall–Kier alpha value is -2.04. The SMILES string of the molecule is O=C(O)CCN1CC(c2ccccc2)CNC1=O. The summed E-state index contributed by atoms with van der Waals surface area (Å²) in [5.41, 5.74) is 1.16. The van der Waals surface area contributed by atoms with E-state index in [0.717, 1.165) is 5.56 Å². The van der Waals surface area contributed by atoms with Gasteiger partial charge in [-0.05, 0) is 5.56 Å². The maximum atomic E-state index is 11.6. The zero-order valence-electron chi connectivity index (χ0n) is 10.0. The summed E-state index contributed by atoms with van der Waals surface area (Å²) in [5, 5.41) is 11.5. The second kappa shape index (κ2) is 5.53. The van der Waals surface area contributed by atoms with E-state index >= 15 is 0 Å². The molecular formula is C13H16N2O3. The molecule has 5 nitrogen and oxygen atoms in total. The number of carbonyl (C=O) groups excluding carboxylic acids is 1. The first-order valence-electron chi connectivity index (χ1n) is 5.96. The number of carboxylic acids is 1. The molecule has 0 radical (unpaired) electrons. The second-order valence-electron chi connectivity index (χ2n) is 4.38. The predicted molar refractivity (Wildman–Crippen MR) is 66.4 cm³/mol. The molecule has 0 saturated carbocycles. The van der Waals surface area contributed by atoms with Crippen LogP contribution in [-0.2, 0) is 4.79 Å². The molecule has 1 heterocycles. The molecule has 0 aliphatic carbocycles. The first-order chi connectivity index (χ1) is 8.66. The van der Waals surface area contributed by atoms with Gasteiger partial charge in [0.25, 0.3) is 0 Å². The Bertz CT molecular complexity index is 433. The Kier molecular flexibility index (Phi) is 3.82. The summed E-state index contributed by atoms with van der Waals surface area (Å²) in [6, 6.07) is 9.76. The zero-order chi connectivity index (χ0) is 13.0. The Morgan fingerprint density at radius 1 is 1.39 bits per heavy atom. The van der Waals surface area contributed by atoms with Crippen molar-refractivity contribution in [3.8, 4) is 0 Å². The van der Waals surface area contributed by atoms with Gasteiger partial charge in [-0.15, -0.1) is 0 Å². The molecule has 1 atom stereocenters. The van der Waals surface area contributed by atoms with Crippen molar-refractivity contribution in [1.82, 2.24) is 10.2 Å². The number of hydrogen-bond acceptors (Lipinski definition) is 2. The van der Waals surface area contributed by atoms with Gasteiger partial charge in [-0.25, -0.2) is 4.79 Å². The van der Waals surface area contributed by atoms with Gasteiger partial charge in [-0.1, -0.05) is 30.3 Å². The van der Waals surface area contributed by atoms with Gasteiger partial charge in [0.2, 0.25) is 0 Å². The zero-order valence-corrected chi connectivity index (χ0v) is 10.0. The van der Waals surface area contributed by atoms with E-state index in [2.05, 4.69) is 5.32 Å². The lowest BCUT2D eigenvalue weighted by atomic mass is 9.97. The van der Waals surface area contributed by atoms with Gasteiger partial charge >= 0.3 is 12.0 Å². The number of aliphatic carboxylic acids is 1. The molecule has 1 aliphatic rings. The largest absolute Gasteiger partial charge is 0.481 e. The number of carboxylic acid groups (broad SMARTS) is 1. The highest BCUT2D eigenvalue weighted by Crippen LogP contribution is 2.19. The van der Waals surface area contributed by atoms with E-state index < -0.39 is 5.97 Å². The Morgan fingerprint density at radius 3 is 2.78 bits per heavy atom. The van der Waals surface area contributed by atoms with E-state index in [0.29, 0.717) is 13.1 Å². The van der Waals surface area contributed by atoms with Crippen molar-refractivity contribution in [2.24, 2.45) is 0 Å². The molecular weight excluding hydrogens is 232 g/mol. The number of benzene rings is 1. The van der Waals surface area contributed by atoms with Crippen molar-refractivity contribution in [3.05, 3.63) is 35.9 Å². The van der Waals surface area contributed by atoms with Gasteiger partial charge in [0.15, 0.2) is 0 Å². The van der Waals surface area contributed by atoms with Crippen LogP contribution in [0.5, 0.6) is 0 Å². The molecule has 96 valence electrons. The maximum absolute atomic E-state index is 11.6. The summed E-state index contributed by atoms with van der Waals surface area (Å²) in [6.07, 6.45) is -0.0189. The van der Waals surface area contributed by atoms with E-state index in [1.165, 1.54) is 0 Å². The second-order valence-corrected chi connectivity index (χ2v) is 4.38. The number of amides is 2. The van der Waals surface area contributed by atoms with Crippen molar-refractivity contribution < 1.29 is 14.7 Å². The van der Waals surface area contributed by atoms with Crippen LogP contribution >= 0.6 is 0 Å². The average Bonchev–Trinajstić information content (AvgIpc) is 2.38. The fourth-order valence-electron chi connectivity index (χ4n) is 2.11. The molecule has 18 heavy (non-hydrogen) atoms. The minimum Gasteiger partial charge on any atom is -0.481 e. The van der Waals surface area contributed by atoms with Crippen LogP contribution in [0, 0.1) is 0 Å². The molecule has 0 bridgehead atoms. The highest BCUT2D eigenvalue weighted by molar-refractivity contribution is 5.76. The van der Waals surface area contributed by atoms with Crippen LogP contribution in [0.1, 0.15) is 17.9 Å². The third-order valence-corrected chi connectivity index (χ3v) is 3.09. The Labute approximate surface area is 105 Å². The topological polar surface area (TPSA) is 69.6 Å². The number of nitrogens with zero attached hydrogens (tertiary/aromatic N) is 1. The van der Waals surface area contributed by atoms with E-state index in [1.807, 2.05) is 30.3 Å². The van der Waals surface area contributed by atoms with Crippen LogP contribution in [0.2, 0.25) is 0 Å². The minimum absolute atomic E-state index is 0.0189. The minimum atomic E-state index is -0.885. The summed E-state index contributed by atoms with van der Waals surface area (Å²) in [7, 11) is 0. The van der Waals surface area contributed by atoms with Gasteiger partial charge in [0.05, 0.1) is 6.42 Å². The fraction of sp³-hybridized carbons (Fsp3) is 0.385. The Balaban J connectivity index is 2.00. The number of nitrogens with one attached hydrogen (secondary N) is 1. The van der Waals surface area contributed by atoms with Gasteiger partial charge < -0.3 is 15.3 Å². The van der Waals surface area contributed by atoms with Crippen molar-refractivity contribution in [3.63, 3.8) is 0 Å². The van der Waals surface area contributed by atoms with E-state index in [1.54, 1.807) is 4.90 Å². The highest BCUT2D eigenvalue weighted by atomic mass is 16.4. The first kappa shape index (κ1) is 12.4. The van der Waals surface area contributed by atoms with Crippen LogP contribution < -0.4 is 5.32 Å². The predicted octanol–water partition coefficient (Wildman–Crippen LogP) is 1.27. The number of urea groups is 1. The standard InChI is InChI=1S/C13H16N2O3/c16-12(17)6-7-15-9-11(8-14-13(15)18)10-4-2-1-3-5-10/h1-5,11H,6-9H2,(H,14,18)(H,16,17). The van der Waals surface area contributed by atoms with Crippen LogP contribution in [0.25, 0.3) is 0 Å². The molecule has 1 aromatic carbocycles. The average molecular weight is 248 g/mol. The van der Waals surface area contributed by atoms with Crippen molar-refractivity contribution in [2.45, 2.75) is 12.3 Å². The molecule has 1 aromatic rings. The molecule has 1 fully saturated rings. The van der Waals surface area contributed by atoms with Crippen LogP contribution in [0.4, 0.5) is 4.79 Å². The van der Waals surface area contributed by atoms with Crippen LogP contribution in [-0.4, -0.2) is 41.6 Å². The molecule has 1 unspecified atom stereocenters. The molecule has 2 rings (SSSR count). The summed E-state index contributed by atoms with van der Waals surface area (Å²) in [6.45, 7) is 1.43. The van der Waals surface area contributed by atoms with E-state index in [9.17, 15) is 9.59 Å². The van der Waals surface area contributed by atoms with Gasteiger partial charge in [0, 0.05) is 25.6 Å². The Morgan fingerprint density at radius 2 is 2.11 bits per heavy atom. The first-order valence-corrected chi connectivity index (χ1v) is 5.96. The van der Waals surface area contributed by atoms with Crippen LogP contribution in [0.3, 0.4) is 0 Å². The van der Waals surface area contributed by atoms with Crippen molar-refractivity contribution in [1.29, 1.82) is 0 Å². The van der Waals surface area contributed by atoms with Gasteiger partial charge in [-0.3, -0.25) is 4.79 Å². The summed E-state index contributed by atoms with van der Waals surface area (Å²) >= 11 is 0. The molecule has 0 aromatic heterocycles. The summed E-state index contributed by atoms with van der Waals surface area (Å²) in [4.78, 5) is 23.7. The third-order valence-electron chi connectivity index (χ3n) is 3.09. The summed E-state index contributed by atoms with van der Waals surface area (Å²) < 4.78 is 0. The van der Waals surface area contributed by atoms with Gasteiger partial charge in [0.1, 0.15) is 0 Å². The molecule has 0 spiro atoms. The van der Waals surface area contributed by atoms with Gasteiger partial charge in [-0.2, -0.15) is 0 Å². The third kappa shape index (κ3) is 3.00. The normalized spacial score (nSPS) is 19.4. The monoisotopic (exact) mass is 248 g/mol. The maximum Gasteiger partial charge on any atom is 0.317 e. The lowest BCUT2D eigenvalue weighted by molar-refractivity contribution is -0.137. The molecule has 5 heteroatoms. The quantitative estimate of drug-likeness (QED) is 0.843. The van der Waals surface area contributed by atoms with Crippen molar-refractivity contribution in [2.75, 3.05) is 19.6 Å². The van der Waals surface area contributed by atoms with E-state index in [-0.39, 0.29) is 24.9 Å². The number of carbonyl (C=O) groups is 2. The fourth-order valence-corrected chi connectivity index (χ4v) is 2.11. The van der Waals surface area contributed by atoms with Crippen LogP contribution in [0.15, 0.2) is 30.3 Å². The number of rotatable bonds is 4. The molecule has 1 saturated heterocycles. The highest BCUT2D eigenvalue weighted by Gasteiger charge is 2.26. The van der Waals surface area contributed by atoms with E-state index in [4.69, 9.17) is 5.11 Å². The lowest BCUT2D eigenvalue weighted by Gasteiger charge is -2.33.